The van der Waals surface area contributed by atoms with Crippen molar-refractivity contribution in [3.05, 3.63) is 45.9 Å². The van der Waals surface area contributed by atoms with E-state index >= 15 is 0 Å². The van der Waals surface area contributed by atoms with Crippen LogP contribution in [0.3, 0.4) is 0 Å². The zero-order valence-corrected chi connectivity index (χ0v) is 14.7. The number of amides is 2. The standard InChI is InChI=1S/C17H23N3O2S/c1-11(8-14-6-5-7-15(9-14)22-4)18-17(21)19-12(2)16-10-23-13(3)20-16/h5-7,9-12H,8H2,1-4H3,(H2,18,19,21)/t11-,12-/m0/s1. The Labute approximate surface area is 141 Å². The van der Waals surface area contributed by atoms with Gasteiger partial charge in [0.05, 0.1) is 23.9 Å². The van der Waals surface area contributed by atoms with Crippen LogP contribution in [0.25, 0.3) is 0 Å². The van der Waals surface area contributed by atoms with Gasteiger partial charge in [0, 0.05) is 11.4 Å². The number of hydrogen-bond acceptors (Lipinski definition) is 4. The highest BCUT2D eigenvalue weighted by molar-refractivity contribution is 7.09. The summed E-state index contributed by atoms with van der Waals surface area (Å²) < 4.78 is 5.22. The lowest BCUT2D eigenvalue weighted by atomic mass is 10.1. The number of aryl methyl sites for hydroxylation is 1. The molecule has 0 aliphatic heterocycles. The highest BCUT2D eigenvalue weighted by atomic mass is 32.1. The molecule has 0 aliphatic rings. The summed E-state index contributed by atoms with van der Waals surface area (Å²) >= 11 is 1.58. The van der Waals surface area contributed by atoms with E-state index in [0.717, 1.165) is 28.4 Å². The summed E-state index contributed by atoms with van der Waals surface area (Å²) in [5, 5.41) is 8.85. The first-order valence-corrected chi connectivity index (χ1v) is 8.48. The fourth-order valence-corrected chi connectivity index (χ4v) is 3.03. The fourth-order valence-electron chi connectivity index (χ4n) is 2.32. The average molecular weight is 333 g/mol. The summed E-state index contributed by atoms with van der Waals surface area (Å²) in [5.74, 6) is 0.826. The predicted molar refractivity (Wildman–Crippen MR) is 93.1 cm³/mol. The van der Waals surface area contributed by atoms with Gasteiger partial charge in [0.2, 0.25) is 0 Å². The first-order valence-electron chi connectivity index (χ1n) is 7.60. The van der Waals surface area contributed by atoms with Crippen LogP contribution < -0.4 is 15.4 Å². The molecular weight excluding hydrogens is 310 g/mol. The molecule has 0 bridgehead atoms. The molecule has 0 saturated carbocycles. The summed E-state index contributed by atoms with van der Waals surface area (Å²) in [6.45, 7) is 5.87. The van der Waals surface area contributed by atoms with Crippen LogP contribution in [-0.2, 0) is 6.42 Å². The van der Waals surface area contributed by atoms with E-state index in [2.05, 4.69) is 15.6 Å². The molecule has 2 atom stereocenters. The molecule has 1 aromatic heterocycles. The first-order chi connectivity index (χ1) is 11.0. The molecule has 0 saturated heterocycles. The maximum absolute atomic E-state index is 12.1. The average Bonchev–Trinajstić information content (AvgIpc) is 2.93. The molecule has 1 aromatic carbocycles. The minimum atomic E-state index is -0.182. The number of aromatic nitrogens is 1. The summed E-state index contributed by atoms with van der Waals surface area (Å²) in [6, 6.07) is 7.60. The zero-order chi connectivity index (χ0) is 16.8. The van der Waals surface area contributed by atoms with Gasteiger partial charge in [-0.25, -0.2) is 9.78 Å². The fraction of sp³-hybridized carbons (Fsp3) is 0.412. The Kier molecular flexibility index (Phi) is 5.98. The minimum Gasteiger partial charge on any atom is -0.497 e. The third-order valence-corrected chi connectivity index (χ3v) is 4.27. The van der Waals surface area contributed by atoms with Crippen molar-refractivity contribution in [3.8, 4) is 5.75 Å². The largest absolute Gasteiger partial charge is 0.497 e. The number of ether oxygens (including phenoxy) is 1. The molecule has 0 radical (unpaired) electrons. The van der Waals surface area contributed by atoms with Gasteiger partial charge in [-0.1, -0.05) is 12.1 Å². The maximum Gasteiger partial charge on any atom is 0.315 e. The van der Waals surface area contributed by atoms with Gasteiger partial charge in [0.1, 0.15) is 5.75 Å². The predicted octanol–water partition coefficient (Wildman–Crippen LogP) is 3.45. The van der Waals surface area contributed by atoms with Crippen LogP contribution in [0.5, 0.6) is 5.75 Å². The van der Waals surface area contributed by atoms with Crippen LogP contribution in [0.15, 0.2) is 29.6 Å². The van der Waals surface area contributed by atoms with Gasteiger partial charge in [-0.15, -0.1) is 11.3 Å². The summed E-state index contributed by atoms with van der Waals surface area (Å²) in [5.41, 5.74) is 2.02. The third kappa shape index (κ3) is 5.25. The highest BCUT2D eigenvalue weighted by Gasteiger charge is 2.14. The molecule has 23 heavy (non-hydrogen) atoms. The zero-order valence-electron chi connectivity index (χ0n) is 13.9. The lowest BCUT2D eigenvalue weighted by Crippen LogP contribution is -2.42. The number of rotatable bonds is 6. The highest BCUT2D eigenvalue weighted by Crippen LogP contribution is 2.16. The smallest absolute Gasteiger partial charge is 0.315 e. The maximum atomic E-state index is 12.1. The Bertz CT molecular complexity index is 657. The molecule has 6 heteroatoms. The van der Waals surface area contributed by atoms with Crippen molar-refractivity contribution in [1.82, 2.24) is 15.6 Å². The number of methoxy groups -OCH3 is 1. The van der Waals surface area contributed by atoms with E-state index in [1.807, 2.05) is 50.4 Å². The molecule has 0 fully saturated rings. The Morgan fingerprint density at radius 3 is 2.78 bits per heavy atom. The molecule has 0 spiro atoms. The number of thiazole rings is 1. The second-order valence-electron chi connectivity index (χ2n) is 5.59. The molecule has 2 aromatic rings. The molecule has 124 valence electrons. The third-order valence-electron chi connectivity index (χ3n) is 3.48. The van der Waals surface area contributed by atoms with Crippen LogP contribution in [0.4, 0.5) is 4.79 Å². The van der Waals surface area contributed by atoms with Gasteiger partial charge in [-0.2, -0.15) is 0 Å². The van der Waals surface area contributed by atoms with Crippen molar-refractivity contribution in [2.75, 3.05) is 7.11 Å². The van der Waals surface area contributed by atoms with Crippen LogP contribution in [0.1, 0.15) is 36.2 Å². The number of nitrogens with zero attached hydrogens (tertiary/aromatic N) is 1. The van der Waals surface area contributed by atoms with E-state index in [1.54, 1.807) is 18.4 Å². The molecule has 2 rings (SSSR count). The molecule has 5 nitrogen and oxygen atoms in total. The minimum absolute atomic E-state index is 0.0199. The summed E-state index contributed by atoms with van der Waals surface area (Å²) in [6.07, 6.45) is 0.745. The molecule has 2 N–H and O–H groups in total. The van der Waals surface area contributed by atoms with Crippen LogP contribution in [0, 0.1) is 6.92 Å². The topological polar surface area (TPSA) is 63.2 Å². The second-order valence-corrected chi connectivity index (χ2v) is 6.65. The molecule has 2 amide bonds. The van der Waals surface area contributed by atoms with E-state index in [1.165, 1.54) is 0 Å². The van der Waals surface area contributed by atoms with E-state index in [-0.39, 0.29) is 18.1 Å². The van der Waals surface area contributed by atoms with Crippen molar-refractivity contribution in [2.24, 2.45) is 0 Å². The quantitative estimate of drug-likeness (QED) is 0.851. The van der Waals surface area contributed by atoms with Gasteiger partial charge in [-0.05, 0) is 44.9 Å². The Balaban J connectivity index is 1.84. The van der Waals surface area contributed by atoms with Crippen molar-refractivity contribution < 1.29 is 9.53 Å². The van der Waals surface area contributed by atoms with Gasteiger partial charge >= 0.3 is 6.03 Å². The molecular formula is C17H23N3O2S. The van der Waals surface area contributed by atoms with E-state index in [0.29, 0.717) is 0 Å². The normalized spacial score (nSPS) is 13.2. The first kappa shape index (κ1) is 17.3. The summed E-state index contributed by atoms with van der Waals surface area (Å²) in [4.78, 5) is 16.5. The number of carbonyl (C=O) groups is 1. The van der Waals surface area contributed by atoms with Crippen molar-refractivity contribution in [2.45, 2.75) is 39.3 Å². The van der Waals surface area contributed by atoms with Gasteiger partial charge < -0.3 is 15.4 Å². The lowest BCUT2D eigenvalue weighted by molar-refractivity contribution is 0.234. The van der Waals surface area contributed by atoms with Crippen LogP contribution in [0.2, 0.25) is 0 Å². The Hall–Kier alpha value is -2.08. The monoisotopic (exact) mass is 333 g/mol. The number of nitrogens with one attached hydrogen (secondary N) is 2. The van der Waals surface area contributed by atoms with Crippen molar-refractivity contribution in [3.63, 3.8) is 0 Å². The Morgan fingerprint density at radius 1 is 1.35 bits per heavy atom. The number of hydrogen-bond donors (Lipinski definition) is 2. The number of urea groups is 1. The van der Waals surface area contributed by atoms with E-state index in [4.69, 9.17) is 4.74 Å². The lowest BCUT2D eigenvalue weighted by Gasteiger charge is -2.17. The van der Waals surface area contributed by atoms with Crippen molar-refractivity contribution >= 4 is 17.4 Å². The SMILES string of the molecule is COc1cccc(C[C@H](C)NC(=O)N[C@@H](C)c2csc(C)n2)c1. The molecule has 1 heterocycles. The van der Waals surface area contributed by atoms with Gasteiger partial charge in [0.15, 0.2) is 0 Å². The Morgan fingerprint density at radius 2 is 2.13 bits per heavy atom. The van der Waals surface area contributed by atoms with Crippen LogP contribution >= 0.6 is 11.3 Å². The number of benzene rings is 1. The molecule has 0 aliphatic carbocycles. The summed E-state index contributed by atoms with van der Waals surface area (Å²) in [7, 11) is 1.65. The second kappa shape index (κ2) is 7.97. The van der Waals surface area contributed by atoms with Gasteiger partial charge in [-0.3, -0.25) is 0 Å². The van der Waals surface area contributed by atoms with Crippen LogP contribution in [-0.4, -0.2) is 24.2 Å². The molecule has 0 unspecified atom stereocenters. The van der Waals surface area contributed by atoms with E-state index < -0.39 is 0 Å². The van der Waals surface area contributed by atoms with E-state index in [9.17, 15) is 4.79 Å². The number of carbonyl (C=O) groups excluding carboxylic acids is 1. The van der Waals surface area contributed by atoms with Gasteiger partial charge in [0.25, 0.3) is 0 Å². The van der Waals surface area contributed by atoms with Crippen molar-refractivity contribution in [1.29, 1.82) is 0 Å².